The second-order valence-corrected chi connectivity index (χ2v) is 19.4. The maximum atomic E-state index is 2.42. The van der Waals surface area contributed by atoms with Gasteiger partial charge in [-0.05, 0) is 115 Å². The van der Waals surface area contributed by atoms with Crippen molar-refractivity contribution in [3.05, 3.63) is 267 Å². The number of fused-ring (bicyclic) bond motifs is 9. The van der Waals surface area contributed by atoms with Crippen LogP contribution in [0.2, 0.25) is 0 Å². The Morgan fingerprint density at radius 3 is 1.32 bits per heavy atom. The molecule has 2 aromatic heterocycles. The van der Waals surface area contributed by atoms with Gasteiger partial charge >= 0.3 is 0 Å². The van der Waals surface area contributed by atoms with Crippen LogP contribution in [0, 0.1) is 0 Å². The molecular weight excluding hydrogens is 877 g/mol. The predicted molar refractivity (Wildman–Crippen MR) is 305 cm³/mol. The van der Waals surface area contributed by atoms with E-state index in [0.29, 0.717) is 0 Å². The van der Waals surface area contributed by atoms with E-state index >= 15 is 0 Å². The number of rotatable bonds is 8. The number of para-hydroxylation sites is 3. The van der Waals surface area contributed by atoms with Crippen molar-refractivity contribution in [2.45, 2.75) is 0 Å². The van der Waals surface area contributed by atoms with E-state index in [1.165, 1.54) is 102 Å². The first-order chi connectivity index (χ1) is 35.2. The van der Waals surface area contributed by atoms with Crippen LogP contribution in [0.1, 0.15) is 0 Å². The molecule has 2 heterocycles. The third kappa shape index (κ3) is 6.93. The molecule has 0 radical (unpaired) electrons. The van der Waals surface area contributed by atoms with Gasteiger partial charge in [0.25, 0.3) is 0 Å². The molecule has 0 unspecified atom stereocenters. The first-order valence-corrected chi connectivity index (χ1v) is 25.1. The topological polar surface area (TPSA) is 8.17 Å². The van der Waals surface area contributed by atoms with E-state index in [-0.39, 0.29) is 0 Å². The van der Waals surface area contributed by atoms with Crippen LogP contribution in [0.4, 0.5) is 17.1 Å². The third-order valence-corrected chi connectivity index (χ3v) is 15.7. The number of hydrogen-bond acceptors (Lipinski definition) is 2. The summed E-state index contributed by atoms with van der Waals surface area (Å²) >= 11 is 1.90. The Morgan fingerprint density at radius 2 is 0.662 bits per heavy atom. The highest BCUT2D eigenvalue weighted by molar-refractivity contribution is 7.27. The summed E-state index contributed by atoms with van der Waals surface area (Å²) in [5.74, 6) is 0. The Bertz CT molecular complexity index is 4250. The van der Waals surface area contributed by atoms with Gasteiger partial charge in [0.05, 0.1) is 16.7 Å². The summed E-state index contributed by atoms with van der Waals surface area (Å²) in [5.41, 5.74) is 16.5. The zero-order valence-electron chi connectivity index (χ0n) is 38.7. The Balaban J connectivity index is 0.847. The Hall–Kier alpha value is -9.02. The monoisotopic (exact) mass is 920 g/mol. The fourth-order valence-corrected chi connectivity index (χ4v) is 12.4. The molecule has 0 saturated carbocycles. The fraction of sp³-hybridized carbons (Fsp3) is 0. The smallest absolute Gasteiger partial charge is 0.0541 e. The van der Waals surface area contributed by atoms with Gasteiger partial charge in [-0.2, -0.15) is 0 Å². The van der Waals surface area contributed by atoms with Crippen LogP contribution in [0.5, 0.6) is 0 Å². The summed E-state index contributed by atoms with van der Waals surface area (Å²) in [4.78, 5) is 2.38. The van der Waals surface area contributed by atoms with Gasteiger partial charge in [-0.25, -0.2) is 0 Å². The molecule has 0 N–H and O–H groups in total. The van der Waals surface area contributed by atoms with Crippen molar-refractivity contribution in [1.29, 1.82) is 0 Å². The molecule has 71 heavy (non-hydrogen) atoms. The van der Waals surface area contributed by atoms with Gasteiger partial charge in [-0.15, -0.1) is 11.3 Å². The molecule has 0 amide bonds. The molecular formula is C68H44N2S. The van der Waals surface area contributed by atoms with Crippen LogP contribution in [0.25, 0.3) is 114 Å². The third-order valence-electron chi connectivity index (χ3n) is 14.4. The molecule has 0 fully saturated rings. The molecule has 14 aromatic rings. The summed E-state index contributed by atoms with van der Waals surface area (Å²) in [5, 5.41) is 10.3. The normalized spacial score (nSPS) is 11.7. The SMILES string of the molecule is c1ccc(-n2c3ccccc3c3ccccc32)c(-c2ccc(N(c3ccc(-c4ccc(-c5cccc6ccccc56)cc4)cc3)c3ccc(-c4cccc5c4sc4c6ccccc6ccc54)cc3)cc2)c1. The van der Waals surface area contributed by atoms with Crippen molar-refractivity contribution in [2.75, 3.05) is 4.90 Å². The molecule has 12 aromatic carbocycles. The zero-order chi connectivity index (χ0) is 46.8. The summed E-state index contributed by atoms with van der Waals surface area (Å²) in [7, 11) is 0. The zero-order valence-corrected chi connectivity index (χ0v) is 39.5. The quantitative estimate of drug-likeness (QED) is 0.147. The van der Waals surface area contributed by atoms with Crippen molar-refractivity contribution in [1.82, 2.24) is 4.57 Å². The van der Waals surface area contributed by atoms with Crippen LogP contribution < -0.4 is 4.90 Å². The lowest BCUT2D eigenvalue weighted by Crippen LogP contribution is -2.09. The Labute approximate surface area is 416 Å². The highest BCUT2D eigenvalue weighted by Gasteiger charge is 2.19. The molecule has 3 heteroatoms. The summed E-state index contributed by atoms with van der Waals surface area (Å²) < 4.78 is 5.09. The number of aromatic nitrogens is 1. The van der Waals surface area contributed by atoms with Gasteiger partial charge in [0, 0.05) is 53.6 Å². The average molecular weight is 921 g/mol. The Morgan fingerprint density at radius 1 is 0.254 bits per heavy atom. The summed E-state index contributed by atoms with van der Waals surface area (Å²) in [6, 6.07) is 97.7. The average Bonchev–Trinajstić information content (AvgIpc) is 4.00. The molecule has 0 saturated heterocycles. The first kappa shape index (κ1) is 41.0. The number of nitrogens with zero attached hydrogens (tertiary/aromatic N) is 2. The van der Waals surface area contributed by atoms with Crippen molar-refractivity contribution in [2.24, 2.45) is 0 Å². The standard InChI is InChI=1S/C68H44N2S/c1-3-16-55-47(13-1)15-11-21-56(55)49-29-27-45(28-30-49)46-31-38-52(39-32-46)69(54-42-35-51(36-43-54)59-22-12-23-62-63-44-37-48-14-2-4-18-58(48)68(63)71-67(59)62)53-40-33-50(34-41-53)57-17-5-8-24-64(57)70-65-25-9-6-19-60(65)61-20-7-10-26-66(61)70/h1-44H. The highest BCUT2D eigenvalue weighted by Crippen LogP contribution is 2.45. The van der Waals surface area contributed by atoms with Crippen LogP contribution >= 0.6 is 11.3 Å². The Kier molecular flexibility index (Phi) is 9.75. The minimum absolute atomic E-state index is 1.08. The lowest BCUT2D eigenvalue weighted by Gasteiger charge is -2.26. The van der Waals surface area contributed by atoms with Crippen LogP contribution in [-0.2, 0) is 0 Å². The molecule has 0 aliphatic carbocycles. The number of anilines is 3. The maximum absolute atomic E-state index is 2.42. The van der Waals surface area contributed by atoms with Crippen molar-refractivity contribution in [3.63, 3.8) is 0 Å². The molecule has 0 spiro atoms. The van der Waals surface area contributed by atoms with E-state index in [9.17, 15) is 0 Å². The van der Waals surface area contributed by atoms with Gasteiger partial charge in [-0.1, -0.05) is 212 Å². The minimum atomic E-state index is 1.08. The van der Waals surface area contributed by atoms with Crippen LogP contribution in [0.3, 0.4) is 0 Å². The van der Waals surface area contributed by atoms with E-state index in [1.54, 1.807) is 0 Å². The summed E-state index contributed by atoms with van der Waals surface area (Å²) in [6.07, 6.45) is 0. The molecule has 0 aliphatic rings. The van der Waals surface area contributed by atoms with Crippen molar-refractivity contribution >= 4 is 91.9 Å². The van der Waals surface area contributed by atoms with Gasteiger partial charge < -0.3 is 9.47 Å². The second-order valence-electron chi connectivity index (χ2n) is 18.4. The molecule has 2 nitrogen and oxygen atoms in total. The maximum Gasteiger partial charge on any atom is 0.0541 e. The fourth-order valence-electron chi connectivity index (χ4n) is 11.0. The van der Waals surface area contributed by atoms with Gasteiger partial charge in [0.15, 0.2) is 0 Å². The van der Waals surface area contributed by atoms with E-state index in [0.717, 1.165) is 28.3 Å². The van der Waals surface area contributed by atoms with Gasteiger partial charge in [0.1, 0.15) is 0 Å². The highest BCUT2D eigenvalue weighted by atomic mass is 32.1. The number of hydrogen-bond donors (Lipinski definition) is 0. The van der Waals surface area contributed by atoms with E-state index in [2.05, 4.69) is 276 Å². The number of thiophene rings is 1. The number of benzene rings is 12. The van der Waals surface area contributed by atoms with Crippen molar-refractivity contribution in [3.8, 4) is 50.2 Å². The lowest BCUT2D eigenvalue weighted by molar-refractivity contribution is 1.18. The molecule has 0 aliphatic heterocycles. The van der Waals surface area contributed by atoms with E-state index < -0.39 is 0 Å². The second kappa shape index (κ2) is 16.9. The van der Waals surface area contributed by atoms with E-state index in [4.69, 9.17) is 0 Å². The molecule has 14 rings (SSSR count). The largest absolute Gasteiger partial charge is 0.311 e. The van der Waals surface area contributed by atoms with Crippen molar-refractivity contribution < 1.29 is 0 Å². The first-order valence-electron chi connectivity index (χ1n) is 24.3. The molecule has 0 atom stereocenters. The molecule has 332 valence electrons. The van der Waals surface area contributed by atoms with E-state index in [1.807, 2.05) is 11.3 Å². The molecule has 0 bridgehead atoms. The van der Waals surface area contributed by atoms with Gasteiger partial charge in [0.2, 0.25) is 0 Å². The van der Waals surface area contributed by atoms with Gasteiger partial charge in [-0.3, -0.25) is 0 Å². The van der Waals surface area contributed by atoms with Crippen LogP contribution in [0.15, 0.2) is 267 Å². The predicted octanol–water partition coefficient (Wildman–Crippen LogP) is 19.6. The summed E-state index contributed by atoms with van der Waals surface area (Å²) in [6.45, 7) is 0. The lowest BCUT2D eigenvalue weighted by atomic mass is 9.96. The minimum Gasteiger partial charge on any atom is -0.311 e. The van der Waals surface area contributed by atoms with Crippen LogP contribution in [-0.4, -0.2) is 4.57 Å².